The third-order valence-electron chi connectivity index (χ3n) is 3.64. The van der Waals surface area contributed by atoms with Crippen LogP contribution in [0.4, 0.5) is 0 Å². The van der Waals surface area contributed by atoms with Gasteiger partial charge in [0.1, 0.15) is 5.75 Å². The van der Waals surface area contributed by atoms with Gasteiger partial charge in [-0.3, -0.25) is 4.98 Å². The van der Waals surface area contributed by atoms with Crippen molar-refractivity contribution in [2.45, 2.75) is 32.7 Å². The summed E-state index contributed by atoms with van der Waals surface area (Å²) in [6.07, 6.45) is 5.80. The molecule has 0 aliphatic heterocycles. The molecule has 112 valence electrons. The van der Waals surface area contributed by atoms with Crippen LogP contribution in [0.2, 0.25) is 0 Å². The second kappa shape index (κ2) is 7.79. The van der Waals surface area contributed by atoms with E-state index in [1.54, 1.807) is 7.11 Å². The minimum atomic E-state index is 0.281. The second-order valence-electron chi connectivity index (χ2n) is 5.30. The molecule has 0 fully saturated rings. The topological polar surface area (TPSA) is 34.2 Å². The highest BCUT2D eigenvalue weighted by Crippen LogP contribution is 2.25. The summed E-state index contributed by atoms with van der Waals surface area (Å²) in [5, 5.41) is 3.62. The van der Waals surface area contributed by atoms with Gasteiger partial charge in [0, 0.05) is 18.4 Å². The Bertz CT molecular complexity index is 554. The summed E-state index contributed by atoms with van der Waals surface area (Å²) in [6.45, 7) is 5.25. The van der Waals surface area contributed by atoms with Gasteiger partial charge >= 0.3 is 0 Å². The Kier molecular flexibility index (Phi) is 5.76. The zero-order valence-corrected chi connectivity index (χ0v) is 13.1. The maximum atomic E-state index is 5.45. The molecule has 1 aromatic carbocycles. The number of aryl methyl sites for hydroxylation is 1. The van der Waals surface area contributed by atoms with Crippen LogP contribution in [0.25, 0.3) is 0 Å². The lowest BCUT2D eigenvalue weighted by Gasteiger charge is -2.20. The minimum absolute atomic E-state index is 0.281. The van der Waals surface area contributed by atoms with Crippen LogP contribution in [0.5, 0.6) is 5.75 Å². The van der Waals surface area contributed by atoms with Crippen molar-refractivity contribution in [3.05, 3.63) is 59.4 Å². The molecule has 1 N–H and O–H groups in total. The lowest BCUT2D eigenvalue weighted by Crippen LogP contribution is -2.24. The second-order valence-corrected chi connectivity index (χ2v) is 5.30. The van der Waals surface area contributed by atoms with Crippen LogP contribution < -0.4 is 10.1 Å². The predicted octanol–water partition coefficient (Wildman–Crippen LogP) is 3.68. The van der Waals surface area contributed by atoms with Gasteiger partial charge < -0.3 is 10.1 Å². The van der Waals surface area contributed by atoms with Gasteiger partial charge in [-0.15, -0.1) is 0 Å². The molecule has 0 spiro atoms. The third-order valence-corrected chi connectivity index (χ3v) is 3.64. The van der Waals surface area contributed by atoms with Crippen molar-refractivity contribution >= 4 is 0 Å². The molecule has 0 aliphatic carbocycles. The van der Waals surface area contributed by atoms with E-state index in [1.807, 2.05) is 18.5 Å². The van der Waals surface area contributed by atoms with Crippen LogP contribution in [-0.2, 0) is 6.42 Å². The number of pyridine rings is 1. The molecule has 1 unspecified atom stereocenters. The van der Waals surface area contributed by atoms with Crippen molar-refractivity contribution in [2.75, 3.05) is 13.7 Å². The highest BCUT2D eigenvalue weighted by atomic mass is 16.5. The molecule has 1 heterocycles. The van der Waals surface area contributed by atoms with E-state index in [9.17, 15) is 0 Å². The quantitative estimate of drug-likeness (QED) is 0.842. The Hall–Kier alpha value is -1.87. The summed E-state index contributed by atoms with van der Waals surface area (Å²) in [6, 6.07) is 10.8. The van der Waals surface area contributed by atoms with Crippen molar-refractivity contribution < 1.29 is 4.74 Å². The van der Waals surface area contributed by atoms with E-state index >= 15 is 0 Å². The molecular weight excluding hydrogens is 260 g/mol. The number of nitrogens with zero attached hydrogens (tertiary/aromatic N) is 1. The molecule has 0 aliphatic rings. The molecule has 0 bridgehead atoms. The molecule has 3 heteroatoms. The zero-order chi connectivity index (χ0) is 15.1. The number of hydrogen-bond acceptors (Lipinski definition) is 3. The summed E-state index contributed by atoms with van der Waals surface area (Å²) < 4.78 is 5.45. The Balaban J connectivity index is 2.22. The van der Waals surface area contributed by atoms with Crippen molar-refractivity contribution in [3.63, 3.8) is 0 Å². The van der Waals surface area contributed by atoms with E-state index in [1.165, 1.54) is 11.1 Å². The maximum absolute atomic E-state index is 5.45. The van der Waals surface area contributed by atoms with E-state index in [2.05, 4.69) is 48.4 Å². The van der Waals surface area contributed by atoms with Gasteiger partial charge in [0.25, 0.3) is 0 Å². The molecule has 1 aromatic heterocycles. The van der Waals surface area contributed by atoms with Gasteiger partial charge in [0.05, 0.1) is 7.11 Å². The lowest BCUT2D eigenvalue weighted by atomic mass is 9.98. The average Bonchev–Trinajstić information content (AvgIpc) is 2.53. The molecular formula is C18H24N2O. The molecule has 0 radical (unpaired) electrons. The fourth-order valence-electron chi connectivity index (χ4n) is 2.43. The standard InChI is InChI=1S/C18H24N2O/c1-4-9-20-17(11-15-6-5-10-19-13-15)16-8-7-14(2)18(12-16)21-3/h5-8,10,12-13,17,20H,4,9,11H2,1-3H3. The van der Waals surface area contributed by atoms with Crippen molar-refractivity contribution in [3.8, 4) is 5.75 Å². The van der Waals surface area contributed by atoms with Crippen LogP contribution in [0.3, 0.4) is 0 Å². The van der Waals surface area contributed by atoms with Gasteiger partial charge in [-0.05, 0) is 55.1 Å². The van der Waals surface area contributed by atoms with Crippen LogP contribution in [-0.4, -0.2) is 18.6 Å². The van der Waals surface area contributed by atoms with Gasteiger partial charge in [-0.2, -0.15) is 0 Å². The first-order valence-electron chi connectivity index (χ1n) is 7.51. The summed E-state index contributed by atoms with van der Waals surface area (Å²) in [4.78, 5) is 4.21. The van der Waals surface area contributed by atoms with Crippen LogP contribution >= 0.6 is 0 Å². The molecule has 2 aromatic rings. The number of aromatic nitrogens is 1. The lowest BCUT2D eigenvalue weighted by molar-refractivity contribution is 0.409. The molecule has 0 saturated carbocycles. The maximum Gasteiger partial charge on any atom is 0.122 e. The highest BCUT2D eigenvalue weighted by Gasteiger charge is 2.13. The third kappa shape index (κ3) is 4.30. The normalized spacial score (nSPS) is 12.1. The van der Waals surface area contributed by atoms with E-state index < -0.39 is 0 Å². The first-order valence-corrected chi connectivity index (χ1v) is 7.51. The summed E-state index contributed by atoms with van der Waals surface area (Å²) in [5.41, 5.74) is 3.66. The molecule has 21 heavy (non-hydrogen) atoms. The van der Waals surface area contributed by atoms with Crippen molar-refractivity contribution in [1.29, 1.82) is 0 Å². The predicted molar refractivity (Wildman–Crippen MR) is 86.7 cm³/mol. The van der Waals surface area contributed by atoms with Crippen LogP contribution in [0, 0.1) is 6.92 Å². The first-order chi connectivity index (χ1) is 10.2. The van der Waals surface area contributed by atoms with Gasteiger partial charge in [0.15, 0.2) is 0 Å². The molecule has 0 saturated heterocycles. The molecule has 0 amide bonds. The van der Waals surface area contributed by atoms with Crippen molar-refractivity contribution in [1.82, 2.24) is 10.3 Å². The smallest absolute Gasteiger partial charge is 0.122 e. The van der Waals surface area contributed by atoms with Gasteiger partial charge in [0.2, 0.25) is 0 Å². The fraction of sp³-hybridized carbons (Fsp3) is 0.389. The molecule has 1 atom stereocenters. The number of methoxy groups -OCH3 is 1. The van der Waals surface area contributed by atoms with Crippen molar-refractivity contribution in [2.24, 2.45) is 0 Å². The van der Waals surface area contributed by atoms with E-state index in [0.29, 0.717) is 0 Å². The fourth-order valence-corrected chi connectivity index (χ4v) is 2.43. The Morgan fingerprint density at radius 1 is 1.29 bits per heavy atom. The number of rotatable bonds is 7. The largest absolute Gasteiger partial charge is 0.496 e. The number of nitrogens with one attached hydrogen (secondary N) is 1. The van der Waals surface area contributed by atoms with E-state index in [0.717, 1.165) is 30.7 Å². The Morgan fingerprint density at radius 3 is 2.81 bits per heavy atom. The van der Waals surface area contributed by atoms with Crippen LogP contribution in [0.1, 0.15) is 36.1 Å². The summed E-state index contributed by atoms with van der Waals surface area (Å²) >= 11 is 0. The molecule has 2 rings (SSSR count). The Labute approximate surface area is 127 Å². The summed E-state index contributed by atoms with van der Waals surface area (Å²) in [7, 11) is 1.72. The van der Waals surface area contributed by atoms with Crippen LogP contribution in [0.15, 0.2) is 42.7 Å². The van der Waals surface area contributed by atoms with E-state index in [-0.39, 0.29) is 6.04 Å². The SMILES string of the molecule is CCCNC(Cc1cccnc1)c1ccc(C)c(OC)c1. The highest BCUT2D eigenvalue weighted by molar-refractivity contribution is 5.38. The molecule has 3 nitrogen and oxygen atoms in total. The van der Waals surface area contributed by atoms with Gasteiger partial charge in [-0.1, -0.05) is 25.1 Å². The van der Waals surface area contributed by atoms with Gasteiger partial charge in [-0.25, -0.2) is 0 Å². The number of ether oxygens (including phenoxy) is 1. The zero-order valence-electron chi connectivity index (χ0n) is 13.1. The first kappa shape index (κ1) is 15.5. The Morgan fingerprint density at radius 2 is 2.14 bits per heavy atom. The van der Waals surface area contributed by atoms with E-state index in [4.69, 9.17) is 4.74 Å². The minimum Gasteiger partial charge on any atom is -0.496 e. The monoisotopic (exact) mass is 284 g/mol. The summed E-state index contributed by atoms with van der Waals surface area (Å²) in [5.74, 6) is 0.946. The number of hydrogen-bond donors (Lipinski definition) is 1. The average molecular weight is 284 g/mol. The number of benzene rings is 1.